The molecule has 2 aliphatic rings. The summed E-state index contributed by atoms with van der Waals surface area (Å²) in [6.07, 6.45) is -2.06. The van der Waals surface area contributed by atoms with Crippen molar-refractivity contribution in [1.29, 1.82) is 0 Å². The van der Waals surface area contributed by atoms with Crippen molar-refractivity contribution in [3.05, 3.63) is 58.6 Å². The van der Waals surface area contributed by atoms with E-state index in [4.69, 9.17) is 23.8 Å². The molecule has 196 valence electrons. The molecular formula is C24H25N3O10. The summed E-state index contributed by atoms with van der Waals surface area (Å²) in [6.45, 7) is 3.43. The molecule has 4 atom stereocenters. The molecule has 1 aromatic heterocycles. The van der Waals surface area contributed by atoms with E-state index in [-0.39, 0.29) is 18.3 Å². The first-order valence-corrected chi connectivity index (χ1v) is 11.7. The van der Waals surface area contributed by atoms with Crippen molar-refractivity contribution in [3.63, 3.8) is 0 Å². The Morgan fingerprint density at radius 3 is 2.35 bits per heavy atom. The van der Waals surface area contributed by atoms with E-state index >= 15 is 0 Å². The van der Waals surface area contributed by atoms with Crippen LogP contribution in [0.2, 0.25) is 0 Å². The number of rotatable bonds is 9. The van der Waals surface area contributed by atoms with Gasteiger partial charge in [0.25, 0.3) is 0 Å². The van der Waals surface area contributed by atoms with Crippen LogP contribution in [0.3, 0.4) is 0 Å². The highest BCUT2D eigenvalue weighted by Crippen LogP contribution is 2.36. The van der Waals surface area contributed by atoms with Crippen LogP contribution in [0.1, 0.15) is 43.3 Å². The Morgan fingerprint density at radius 2 is 1.70 bits per heavy atom. The highest BCUT2D eigenvalue weighted by atomic mass is 16.7. The highest BCUT2D eigenvalue weighted by molar-refractivity contribution is 6.30. The average molecular weight is 515 g/mol. The number of anilines is 1. The average Bonchev–Trinajstić information content (AvgIpc) is 3.24. The maximum atomic E-state index is 12.8. The second-order valence-electron chi connectivity index (χ2n) is 8.31. The number of fused-ring (bicyclic) bond motifs is 1. The van der Waals surface area contributed by atoms with Gasteiger partial charge >= 0.3 is 29.6 Å². The summed E-state index contributed by atoms with van der Waals surface area (Å²) < 4.78 is 22.6. The molecule has 37 heavy (non-hydrogen) atoms. The van der Waals surface area contributed by atoms with Crippen molar-refractivity contribution < 1.29 is 43.0 Å². The van der Waals surface area contributed by atoms with E-state index in [1.165, 1.54) is 12.3 Å². The van der Waals surface area contributed by atoms with E-state index in [1.807, 2.05) is 13.8 Å². The van der Waals surface area contributed by atoms with Crippen LogP contribution in [0.5, 0.6) is 0 Å². The van der Waals surface area contributed by atoms with Gasteiger partial charge in [-0.1, -0.05) is 32.0 Å². The highest BCUT2D eigenvalue weighted by Gasteiger charge is 2.55. The lowest BCUT2D eigenvalue weighted by Gasteiger charge is -2.28. The van der Waals surface area contributed by atoms with Crippen molar-refractivity contribution in [2.24, 2.45) is 5.92 Å². The molecule has 1 aromatic carbocycles. The lowest BCUT2D eigenvalue weighted by Crippen LogP contribution is -2.49. The zero-order chi connectivity index (χ0) is 26.5. The summed E-state index contributed by atoms with van der Waals surface area (Å²) in [6, 6.07) is 9.52. The van der Waals surface area contributed by atoms with Gasteiger partial charge in [-0.2, -0.15) is 10.5 Å². The van der Waals surface area contributed by atoms with Gasteiger partial charge in [-0.25, -0.2) is 19.2 Å². The number of carbonyl (C=O) groups is 4. The zero-order valence-corrected chi connectivity index (χ0v) is 20.0. The number of aromatic nitrogens is 2. The molecule has 1 N–H and O–H groups in total. The molecule has 13 heteroatoms. The molecule has 4 rings (SSSR count). The van der Waals surface area contributed by atoms with Crippen LogP contribution < -0.4 is 11.2 Å². The number of nitrogens with zero attached hydrogens (tertiary/aromatic N) is 2. The molecule has 13 nitrogen and oxygen atoms in total. The molecule has 3 heterocycles. The number of ether oxygens (including phenoxy) is 4. The molecule has 2 saturated heterocycles. The first kappa shape index (κ1) is 25.8. The number of hydrogen-bond acceptors (Lipinski definition) is 12. The predicted molar refractivity (Wildman–Crippen MR) is 123 cm³/mol. The number of nitrogens with one attached hydrogen (secondary N) is 1. The van der Waals surface area contributed by atoms with Crippen molar-refractivity contribution in [3.8, 4) is 0 Å². The Balaban J connectivity index is 1.47. The standard InChI is InChI=1S/C24H25N3O10/c1-3-13(4-2)20(28)33-12-15-17-18(36-23(31)22(30)35-17)19(34-15)27-11-10-16(25-24(27)32)26-37-21(29)14-8-6-5-7-9-14/h5-11,13,15,17-19H,3-4,12H2,1-2H3,(H,25,26,32)/t15-,17?,18?,19-/m1/s1. The van der Waals surface area contributed by atoms with Crippen LogP contribution in [0.15, 0.2) is 47.4 Å². The van der Waals surface area contributed by atoms with Gasteiger partial charge in [0.05, 0.1) is 11.5 Å². The Bertz CT molecular complexity index is 1230. The van der Waals surface area contributed by atoms with E-state index in [0.717, 1.165) is 4.57 Å². The minimum absolute atomic E-state index is 0.0669. The third kappa shape index (κ3) is 5.61. The van der Waals surface area contributed by atoms with Crippen LogP contribution in [0.4, 0.5) is 5.82 Å². The van der Waals surface area contributed by atoms with Gasteiger partial charge in [0.15, 0.2) is 24.3 Å². The summed E-state index contributed by atoms with van der Waals surface area (Å²) in [4.78, 5) is 69.6. The molecule has 0 saturated carbocycles. The molecule has 0 radical (unpaired) electrons. The Morgan fingerprint density at radius 1 is 1.03 bits per heavy atom. The minimum atomic E-state index is -1.24. The fourth-order valence-electron chi connectivity index (χ4n) is 3.98. The van der Waals surface area contributed by atoms with Gasteiger partial charge in [-0.15, -0.1) is 0 Å². The summed E-state index contributed by atoms with van der Waals surface area (Å²) in [5.41, 5.74) is 1.76. The van der Waals surface area contributed by atoms with E-state index < -0.39 is 54.1 Å². The normalized spacial score (nSPS) is 22.6. The van der Waals surface area contributed by atoms with E-state index in [2.05, 4.69) is 10.5 Å². The molecule has 0 aliphatic carbocycles. The predicted octanol–water partition coefficient (Wildman–Crippen LogP) is 1.14. The zero-order valence-electron chi connectivity index (χ0n) is 20.0. The smallest absolute Gasteiger partial charge is 0.418 e. The van der Waals surface area contributed by atoms with Gasteiger partial charge < -0.3 is 23.8 Å². The molecule has 0 bridgehead atoms. The van der Waals surface area contributed by atoms with E-state index in [1.54, 1.807) is 30.3 Å². The van der Waals surface area contributed by atoms with E-state index in [0.29, 0.717) is 18.4 Å². The second-order valence-corrected chi connectivity index (χ2v) is 8.31. The van der Waals surface area contributed by atoms with Gasteiger partial charge in [0.1, 0.15) is 12.7 Å². The number of benzene rings is 1. The van der Waals surface area contributed by atoms with Crippen LogP contribution in [-0.4, -0.2) is 58.3 Å². The summed E-state index contributed by atoms with van der Waals surface area (Å²) >= 11 is 0. The van der Waals surface area contributed by atoms with Crippen LogP contribution in [0.25, 0.3) is 0 Å². The van der Waals surface area contributed by atoms with Crippen molar-refractivity contribution in [2.45, 2.75) is 51.2 Å². The number of carbonyl (C=O) groups excluding carboxylic acids is 4. The fourth-order valence-corrected chi connectivity index (χ4v) is 3.98. The molecule has 0 spiro atoms. The second kappa shape index (κ2) is 11.2. The first-order valence-electron chi connectivity index (χ1n) is 11.7. The largest absolute Gasteiger partial charge is 0.463 e. The molecule has 2 aliphatic heterocycles. The Kier molecular flexibility index (Phi) is 7.82. The number of esters is 3. The molecule has 2 aromatic rings. The van der Waals surface area contributed by atoms with Gasteiger partial charge in [0.2, 0.25) is 0 Å². The molecular weight excluding hydrogens is 490 g/mol. The van der Waals surface area contributed by atoms with Crippen LogP contribution >= 0.6 is 0 Å². The van der Waals surface area contributed by atoms with Gasteiger partial charge in [0, 0.05) is 12.3 Å². The summed E-state index contributed by atoms with van der Waals surface area (Å²) in [5.74, 6) is -3.95. The van der Waals surface area contributed by atoms with Crippen LogP contribution in [-0.2, 0) is 38.2 Å². The minimum Gasteiger partial charge on any atom is -0.463 e. The molecule has 2 unspecified atom stereocenters. The van der Waals surface area contributed by atoms with Crippen molar-refractivity contribution in [2.75, 3.05) is 12.1 Å². The summed E-state index contributed by atoms with van der Waals surface area (Å²) in [7, 11) is 0. The fraction of sp³-hybridized carbons (Fsp3) is 0.417. The van der Waals surface area contributed by atoms with E-state index in [9.17, 15) is 24.0 Å². The maximum absolute atomic E-state index is 12.8. The molecule has 0 amide bonds. The monoisotopic (exact) mass is 515 g/mol. The van der Waals surface area contributed by atoms with Crippen LogP contribution in [0, 0.1) is 5.92 Å². The third-order valence-electron chi connectivity index (χ3n) is 6.01. The Hall–Kier alpha value is -4.26. The summed E-state index contributed by atoms with van der Waals surface area (Å²) in [5, 5.41) is 0. The van der Waals surface area contributed by atoms with Crippen molar-refractivity contribution >= 4 is 29.7 Å². The van der Waals surface area contributed by atoms with Gasteiger partial charge in [-0.3, -0.25) is 9.36 Å². The van der Waals surface area contributed by atoms with Crippen molar-refractivity contribution in [1.82, 2.24) is 9.55 Å². The lowest BCUT2D eigenvalue weighted by atomic mass is 10.0. The SMILES string of the molecule is CCC(CC)C(=O)OC[C@H]1O[C@@H](n2ccc(NOC(=O)c3ccccc3)nc2=O)C2OC(=O)C(=O)OC21. The molecule has 2 fully saturated rings. The third-order valence-corrected chi connectivity index (χ3v) is 6.01. The quantitative estimate of drug-likeness (QED) is 0.220. The van der Waals surface area contributed by atoms with Gasteiger partial charge in [-0.05, 0) is 25.0 Å². The first-order chi connectivity index (χ1) is 17.8. The number of hydrogen-bond donors (Lipinski definition) is 1. The lowest BCUT2D eigenvalue weighted by molar-refractivity contribution is -0.195. The Labute approximate surface area is 210 Å². The topological polar surface area (TPSA) is 161 Å². The maximum Gasteiger partial charge on any atom is 0.418 e.